The molecule has 8 heteroatoms. The first-order valence-electron chi connectivity index (χ1n) is 12.3. The van der Waals surface area contributed by atoms with E-state index in [1.165, 1.54) is 18.4 Å². The van der Waals surface area contributed by atoms with E-state index in [9.17, 15) is 4.79 Å². The topological polar surface area (TPSA) is 85.2 Å². The molecule has 0 amide bonds. The van der Waals surface area contributed by atoms with Crippen LogP contribution in [0.2, 0.25) is 0 Å². The van der Waals surface area contributed by atoms with Crippen molar-refractivity contribution in [2.75, 3.05) is 36.5 Å². The number of carbonyl (C=O) groups is 1. The lowest BCUT2D eigenvalue weighted by Gasteiger charge is -2.27. The summed E-state index contributed by atoms with van der Waals surface area (Å²) in [5, 5.41) is 3.40. The molecule has 0 spiro atoms. The summed E-state index contributed by atoms with van der Waals surface area (Å²) in [6.07, 6.45) is 4.90. The van der Waals surface area contributed by atoms with Gasteiger partial charge in [-0.1, -0.05) is 13.0 Å². The first-order chi connectivity index (χ1) is 17.2. The van der Waals surface area contributed by atoms with Crippen LogP contribution in [0.5, 0.6) is 0 Å². The smallest absolute Gasteiger partial charge is 0.228 e. The summed E-state index contributed by atoms with van der Waals surface area (Å²) >= 11 is 0. The molecule has 2 aliphatic rings. The molecule has 2 aromatic carbocycles. The fourth-order valence-corrected chi connectivity index (χ4v) is 4.48. The molecule has 0 atom stereocenters. The maximum Gasteiger partial charge on any atom is 0.228 e. The maximum atomic E-state index is 12.0. The van der Waals surface area contributed by atoms with Gasteiger partial charge in [0.2, 0.25) is 5.95 Å². The van der Waals surface area contributed by atoms with Gasteiger partial charge < -0.3 is 19.5 Å². The van der Waals surface area contributed by atoms with Crippen LogP contribution in [0.15, 0.2) is 54.9 Å². The Hall–Kier alpha value is -3.78. The molecule has 4 aromatic rings. The van der Waals surface area contributed by atoms with Gasteiger partial charge in [-0.2, -0.15) is 4.98 Å². The Morgan fingerprint density at radius 1 is 1.06 bits per heavy atom. The molecule has 178 valence electrons. The van der Waals surface area contributed by atoms with Gasteiger partial charge in [-0.15, -0.1) is 0 Å². The molecule has 1 aliphatic carbocycles. The second-order valence-corrected chi connectivity index (χ2v) is 9.10. The Bertz CT molecular complexity index is 1370. The number of rotatable bonds is 7. The largest absolute Gasteiger partial charge is 0.378 e. The summed E-state index contributed by atoms with van der Waals surface area (Å²) < 4.78 is 7.80. The second kappa shape index (κ2) is 9.11. The molecule has 2 fully saturated rings. The molecule has 1 N–H and O–H groups in total. The predicted octanol–water partition coefficient (Wildman–Crippen LogP) is 5.00. The van der Waals surface area contributed by atoms with Crippen molar-refractivity contribution in [1.29, 1.82) is 0 Å². The van der Waals surface area contributed by atoms with Crippen LogP contribution in [0.4, 0.5) is 17.5 Å². The number of carbonyl (C=O) groups excluding carboxylic acids is 1. The van der Waals surface area contributed by atoms with E-state index in [-0.39, 0.29) is 5.78 Å². The molecule has 1 saturated carbocycles. The SMILES string of the molecule is CCC(=O)c1ccc(Nc2cc(-c3ccc4c(c3)ncn4C3CC3)nc(N3CCOCC3)n2)cc1. The highest BCUT2D eigenvalue weighted by Crippen LogP contribution is 2.37. The van der Waals surface area contributed by atoms with E-state index >= 15 is 0 Å². The molecule has 35 heavy (non-hydrogen) atoms. The van der Waals surface area contributed by atoms with E-state index in [0.717, 1.165) is 41.1 Å². The van der Waals surface area contributed by atoms with Gasteiger partial charge in [0.05, 0.1) is 36.3 Å². The van der Waals surface area contributed by atoms with Crippen molar-refractivity contribution in [3.05, 3.63) is 60.4 Å². The molecule has 3 heterocycles. The van der Waals surface area contributed by atoms with Crippen molar-refractivity contribution < 1.29 is 9.53 Å². The summed E-state index contributed by atoms with van der Waals surface area (Å²) in [6.45, 7) is 4.70. The van der Waals surface area contributed by atoms with Crippen LogP contribution in [0.3, 0.4) is 0 Å². The van der Waals surface area contributed by atoms with Gasteiger partial charge in [-0.05, 0) is 49.2 Å². The Balaban J connectivity index is 1.35. The average Bonchev–Trinajstić information content (AvgIpc) is 3.67. The van der Waals surface area contributed by atoms with Crippen molar-refractivity contribution in [3.63, 3.8) is 0 Å². The van der Waals surface area contributed by atoms with Crippen LogP contribution in [-0.2, 0) is 4.74 Å². The number of ether oxygens (including phenoxy) is 1. The number of hydrogen-bond acceptors (Lipinski definition) is 7. The highest BCUT2D eigenvalue weighted by Gasteiger charge is 2.25. The van der Waals surface area contributed by atoms with Crippen molar-refractivity contribution in [3.8, 4) is 11.3 Å². The fourth-order valence-electron chi connectivity index (χ4n) is 4.48. The number of aromatic nitrogens is 4. The van der Waals surface area contributed by atoms with E-state index in [1.807, 2.05) is 43.6 Å². The number of fused-ring (bicyclic) bond motifs is 1. The number of morpholine rings is 1. The summed E-state index contributed by atoms with van der Waals surface area (Å²) in [5.41, 5.74) is 5.57. The number of nitrogens with zero attached hydrogens (tertiary/aromatic N) is 5. The second-order valence-electron chi connectivity index (χ2n) is 9.10. The van der Waals surface area contributed by atoms with Gasteiger partial charge in [-0.3, -0.25) is 4.79 Å². The lowest BCUT2D eigenvalue weighted by Crippen LogP contribution is -2.37. The molecule has 0 bridgehead atoms. The normalized spacial score (nSPS) is 16.0. The molecular formula is C27H28N6O2. The summed E-state index contributed by atoms with van der Waals surface area (Å²) in [7, 11) is 0. The lowest BCUT2D eigenvalue weighted by atomic mass is 10.1. The molecule has 1 saturated heterocycles. The minimum absolute atomic E-state index is 0.134. The monoisotopic (exact) mass is 468 g/mol. The predicted molar refractivity (Wildman–Crippen MR) is 136 cm³/mol. The Kier molecular flexibility index (Phi) is 5.66. The number of imidazole rings is 1. The van der Waals surface area contributed by atoms with Crippen LogP contribution in [0, 0.1) is 0 Å². The zero-order valence-corrected chi connectivity index (χ0v) is 19.8. The van der Waals surface area contributed by atoms with Crippen molar-refractivity contribution >= 4 is 34.3 Å². The number of ketones is 1. The van der Waals surface area contributed by atoms with Crippen LogP contribution in [-0.4, -0.2) is 51.6 Å². The lowest BCUT2D eigenvalue weighted by molar-refractivity contribution is 0.0988. The molecule has 0 radical (unpaired) electrons. The average molecular weight is 469 g/mol. The van der Waals surface area contributed by atoms with Crippen molar-refractivity contribution in [2.24, 2.45) is 0 Å². The zero-order chi connectivity index (χ0) is 23.8. The quantitative estimate of drug-likeness (QED) is 0.382. The van der Waals surface area contributed by atoms with Crippen molar-refractivity contribution in [2.45, 2.75) is 32.2 Å². The van der Waals surface area contributed by atoms with E-state index in [1.54, 1.807) is 0 Å². The minimum Gasteiger partial charge on any atom is -0.378 e. The third kappa shape index (κ3) is 4.49. The molecule has 6 rings (SSSR count). The fraction of sp³-hybridized carbons (Fsp3) is 0.333. The molecule has 0 unspecified atom stereocenters. The molecular weight excluding hydrogens is 440 g/mol. The zero-order valence-electron chi connectivity index (χ0n) is 19.8. The van der Waals surface area contributed by atoms with Gasteiger partial charge >= 0.3 is 0 Å². The van der Waals surface area contributed by atoms with Crippen LogP contribution in [0.1, 0.15) is 42.6 Å². The van der Waals surface area contributed by atoms with Gasteiger partial charge in [0.1, 0.15) is 5.82 Å². The van der Waals surface area contributed by atoms with Crippen LogP contribution in [0.25, 0.3) is 22.3 Å². The Morgan fingerprint density at radius 2 is 1.86 bits per heavy atom. The maximum absolute atomic E-state index is 12.0. The van der Waals surface area contributed by atoms with E-state index in [2.05, 4.69) is 38.0 Å². The highest BCUT2D eigenvalue weighted by molar-refractivity contribution is 5.96. The number of nitrogens with one attached hydrogen (secondary N) is 1. The first kappa shape index (κ1) is 21.7. The highest BCUT2D eigenvalue weighted by atomic mass is 16.5. The van der Waals surface area contributed by atoms with Crippen LogP contribution >= 0.6 is 0 Å². The van der Waals surface area contributed by atoms with Crippen molar-refractivity contribution in [1.82, 2.24) is 19.5 Å². The molecule has 2 aromatic heterocycles. The summed E-state index contributed by atoms with van der Waals surface area (Å²) in [6, 6.07) is 16.4. The third-order valence-corrected chi connectivity index (χ3v) is 6.62. The van der Waals surface area contributed by atoms with E-state index in [4.69, 9.17) is 14.7 Å². The minimum atomic E-state index is 0.134. The third-order valence-electron chi connectivity index (χ3n) is 6.62. The standard InChI is InChI=1S/C27H28N6O2/c1-2-25(34)18-3-6-20(7-4-18)29-26-16-22(30-27(31-26)32-11-13-35-14-12-32)19-5-10-24-23(15-19)28-17-33(24)21-8-9-21/h3-7,10,15-17,21H,2,8-9,11-14H2,1H3,(H,29,30,31). The van der Waals surface area contributed by atoms with Gasteiger partial charge in [0.15, 0.2) is 5.78 Å². The van der Waals surface area contributed by atoms with Gasteiger partial charge in [0.25, 0.3) is 0 Å². The summed E-state index contributed by atoms with van der Waals surface area (Å²) in [5.74, 6) is 1.51. The molecule has 1 aliphatic heterocycles. The Labute approximate surface area is 204 Å². The summed E-state index contributed by atoms with van der Waals surface area (Å²) in [4.78, 5) is 28.5. The first-order valence-corrected chi connectivity index (χ1v) is 12.3. The number of Topliss-reactive ketones (excluding diaryl/α,β-unsaturated/α-hetero) is 1. The Morgan fingerprint density at radius 3 is 2.60 bits per heavy atom. The molecule has 8 nitrogen and oxygen atoms in total. The van der Waals surface area contributed by atoms with Crippen LogP contribution < -0.4 is 10.2 Å². The number of hydrogen-bond donors (Lipinski definition) is 1. The van der Waals surface area contributed by atoms with E-state index < -0.39 is 0 Å². The van der Waals surface area contributed by atoms with E-state index in [0.29, 0.717) is 37.4 Å². The van der Waals surface area contributed by atoms with Gasteiger partial charge in [-0.25, -0.2) is 9.97 Å². The number of benzene rings is 2. The number of anilines is 3. The van der Waals surface area contributed by atoms with Gasteiger partial charge in [0, 0.05) is 48.4 Å².